The number of halogens is 1. The number of aliphatic hydroxyl groups excluding tert-OH is 1. The molecule has 2 atom stereocenters. The number of aliphatic hydroxyl groups is 1. The number of benzene rings is 1. The molecule has 0 aliphatic rings. The summed E-state index contributed by atoms with van der Waals surface area (Å²) in [6.07, 6.45) is 7.50. The van der Waals surface area contributed by atoms with Crippen LogP contribution >= 0.6 is 12.4 Å². The zero-order chi connectivity index (χ0) is 14.8. The third-order valence-electron chi connectivity index (χ3n) is 4.16. The predicted molar refractivity (Wildman–Crippen MR) is 94.1 cm³/mol. The second-order valence-corrected chi connectivity index (χ2v) is 5.84. The second kappa shape index (κ2) is 12.0. The summed E-state index contributed by atoms with van der Waals surface area (Å²) in [6.45, 7) is 5.42. The van der Waals surface area contributed by atoms with Crippen molar-refractivity contribution < 1.29 is 5.11 Å². The van der Waals surface area contributed by atoms with Gasteiger partial charge in [-0.1, -0.05) is 69.4 Å². The molecule has 0 aromatic heterocycles. The van der Waals surface area contributed by atoms with E-state index in [1.165, 1.54) is 38.5 Å². The smallest absolute Gasteiger partial charge is 0.0942 e. The fourth-order valence-electron chi connectivity index (χ4n) is 2.51. The maximum atomic E-state index is 10.4. The third-order valence-corrected chi connectivity index (χ3v) is 4.16. The summed E-state index contributed by atoms with van der Waals surface area (Å²) in [5, 5.41) is 10.4. The standard InChI is InChI=1S/C18H31NO.ClH/c1-4-5-6-7-8-12-15-19(3)16(2)18(20)17-13-10-9-11-14-17;/h9-11,13-14,16,18,20H,4-8,12,15H2,1-3H3;1H. The van der Waals surface area contributed by atoms with Crippen LogP contribution in [-0.4, -0.2) is 29.6 Å². The second-order valence-electron chi connectivity index (χ2n) is 5.84. The number of nitrogens with zero attached hydrogens (tertiary/aromatic N) is 1. The van der Waals surface area contributed by atoms with Crippen LogP contribution in [0.4, 0.5) is 0 Å². The summed E-state index contributed by atoms with van der Waals surface area (Å²) in [7, 11) is 2.11. The van der Waals surface area contributed by atoms with Crippen LogP contribution in [0.3, 0.4) is 0 Å². The predicted octanol–water partition coefficient (Wildman–Crippen LogP) is 4.82. The highest BCUT2D eigenvalue weighted by atomic mass is 35.5. The van der Waals surface area contributed by atoms with Crippen molar-refractivity contribution in [1.82, 2.24) is 4.90 Å². The lowest BCUT2D eigenvalue weighted by atomic mass is 10.0. The highest BCUT2D eigenvalue weighted by molar-refractivity contribution is 5.85. The van der Waals surface area contributed by atoms with Crippen LogP contribution in [0, 0.1) is 0 Å². The molecule has 0 heterocycles. The average Bonchev–Trinajstić information content (AvgIpc) is 2.50. The molecule has 0 radical (unpaired) electrons. The number of unbranched alkanes of at least 4 members (excludes halogenated alkanes) is 5. The number of rotatable bonds is 10. The molecule has 0 amide bonds. The first-order chi connectivity index (χ1) is 9.66. The monoisotopic (exact) mass is 313 g/mol. The summed E-state index contributed by atoms with van der Waals surface area (Å²) in [6, 6.07) is 10.1. The summed E-state index contributed by atoms with van der Waals surface area (Å²) < 4.78 is 0. The minimum atomic E-state index is -0.402. The Morgan fingerprint density at radius 2 is 1.57 bits per heavy atom. The van der Waals surface area contributed by atoms with Crippen molar-refractivity contribution in [1.29, 1.82) is 0 Å². The van der Waals surface area contributed by atoms with E-state index in [4.69, 9.17) is 0 Å². The van der Waals surface area contributed by atoms with E-state index in [1.54, 1.807) is 0 Å². The zero-order valence-electron chi connectivity index (χ0n) is 13.8. The molecule has 3 heteroatoms. The lowest BCUT2D eigenvalue weighted by Crippen LogP contribution is -2.35. The Balaban J connectivity index is 0.00000400. The minimum Gasteiger partial charge on any atom is -0.387 e. The molecule has 0 saturated carbocycles. The Labute approximate surface area is 137 Å². The molecule has 0 aliphatic heterocycles. The van der Waals surface area contributed by atoms with Crippen LogP contribution in [0.15, 0.2) is 30.3 Å². The van der Waals surface area contributed by atoms with Crippen LogP contribution < -0.4 is 0 Å². The minimum absolute atomic E-state index is 0. The third kappa shape index (κ3) is 7.85. The Kier molecular flexibility index (Phi) is 11.7. The van der Waals surface area contributed by atoms with Gasteiger partial charge in [-0.05, 0) is 32.5 Å². The largest absolute Gasteiger partial charge is 0.387 e. The quantitative estimate of drug-likeness (QED) is 0.626. The van der Waals surface area contributed by atoms with Gasteiger partial charge in [-0.3, -0.25) is 0 Å². The first kappa shape index (κ1) is 20.4. The van der Waals surface area contributed by atoms with Crippen LogP contribution in [0.5, 0.6) is 0 Å². The Morgan fingerprint density at radius 3 is 2.19 bits per heavy atom. The van der Waals surface area contributed by atoms with Crippen molar-refractivity contribution in [3.8, 4) is 0 Å². The van der Waals surface area contributed by atoms with E-state index in [0.29, 0.717) is 0 Å². The zero-order valence-corrected chi connectivity index (χ0v) is 14.6. The molecule has 0 saturated heterocycles. The van der Waals surface area contributed by atoms with Crippen molar-refractivity contribution in [3.05, 3.63) is 35.9 Å². The highest BCUT2D eigenvalue weighted by Crippen LogP contribution is 2.20. The maximum absolute atomic E-state index is 10.4. The average molecular weight is 314 g/mol. The molecule has 2 unspecified atom stereocenters. The molecule has 0 spiro atoms. The topological polar surface area (TPSA) is 23.5 Å². The van der Waals surface area contributed by atoms with Gasteiger partial charge in [0, 0.05) is 6.04 Å². The van der Waals surface area contributed by atoms with Crippen LogP contribution in [0.25, 0.3) is 0 Å². The molecule has 21 heavy (non-hydrogen) atoms. The Bertz CT molecular complexity index is 344. The summed E-state index contributed by atoms with van der Waals surface area (Å²) in [5.74, 6) is 0. The van der Waals surface area contributed by atoms with Gasteiger partial charge >= 0.3 is 0 Å². The molecule has 2 nitrogen and oxygen atoms in total. The maximum Gasteiger partial charge on any atom is 0.0942 e. The van der Waals surface area contributed by atoms with E-state index in [9.17, 15) is 5.11 Å². The van der Waals surface area contributed by atoms with Crippen molar-refractivity contribution in [2.45, 2.75) is 64.5 Å². The van der Waals surface area contributed by atoms with Crippen LogP contribution in [0.2, 0.25) is 0 Å². The van der Waals surface area contributed by atoms with Gasteiger partial charge in [0.05, 0.1) is 6.10 Å². The fourth-order valence-corrected chi connectivity index (χ4v) is 2.51. The SMILES string of the molecule is CCCCCCCCN(C)C(C)C(O)c1ccccc1.Cl. The molecule has 122 valence electrons. The van der Waals surface area contributed by atoms with Crippen LogP contribution in [0.1, 0.15) is 64.0 Å². The van der Waals surface area contributed by atoms with E-state index in [2.05, 4.69) is 25.8 Å². The molecular weight excluding hydrogens is 282 g/mol. The van der Waals surface area contributed by atoms with E-state index in [1.807, 2.05) is 30.3 Å². The van der Waals surface area contributed by atoms with E-state index in [-0.39, 0.29) is 18.4 Å². The lowest BCUT2D eigenvalue weighted by Gasteiger charge is -2.29. The fraction of sp³-hybridized carbons (Fsp3) is 0.667. The molecule has 0 fully saturated rings. The molecule has 0 aliphatic carbocycles. The Morgan fingerprint density at radius 1 is 1.00 bits per heavy atom. The molecular formula is C18H32ClNO. The molecule has 1 aromatic carbocycles. The number of hydrogen-bond acceptors (Lipinski definition) is 2. The first-order valence-electron chi connectivity index (χ1n) is 8.10. The number of likely N-dealkylation sites (N-methyl/N-ethyl adjacent to an activating group) is 1. The van der Waals surface area contributed by atoms with Gasteiger partial charge in [-0.25, -0.2) is 0 Å². The van der Waals surface area contributed by atoms with Crippen molar-refractivity contribution in [3.63, 3.8) is 0 Å². The molecule has 1 aromatic rings. The van der Waals surface area contributed by atoms with Gasteiger partial charge in [0.25, 0.3) is 0 Å². The van der Waals surface area contributed by atoms with E-state index < -0.39 is 6.10 Å². The molecule has 0 bridgehead atoms. The normalized spacial score (nSPS) is 13.8. The van der Waals surface area contributed by atoms with Crippen molar-refractivity contribution >= 4 is 12.4 Å². The summed E-state index contributed by atoms with van der Waals surface area (Å²) in [5.41, 5.74) is 1.01. The van der Waals surface area contributed by atoms with E-state index in [0.717, 1.165) is 12.1 Å². The Hall–Kier alpha value is -0.570. The van der Waals surface area contributed by atoms with Gasteiger partial charge in [0.2, 0.25) is 0 Å². The van der Waals surface area contributed by atoms with Crippen molar-refractivity contribution in [2.75, 3.05) is 13.6 Å². The van der Waals surface area contributed by atoms with Crippen LogP contribution in [-0.2, 0) is 0 Å². The molecule has 1 N–H and O–H groups in total. The van der Waals surface area contributed by atoms with Crippen molar-refractivity contribution in [2.24, 2.45) is 0 Å². The lowest BCUT2D eigenvalue weighted by molar-refractivity contribution is 0.0716. The summed E-state index contributed by atoms with van der Waals surface area (Å²) in [4.78, 5) is 2.28. The van der Waals surface area contributed by atoms with Gasteiger partial charge < -0.3 is 10.0 Å². The van der Waals surface area contributed by atoms with Gasteiger partial charge in [0.15, 0.2) is 0 Å². The number of hydrogen-bond donors (Lipinski definition) is 1. The highest BCUT2D eigenvalue weighted by Gasteiger charge is 2.19. The van der Waals surface area contributed by atoms with Gasteiger partial charge in [0.1, 0.15) is 0 Å². The van der Waals surface area contributed by atoms with Gasteiger partial charge in [-0.2, -0.15) is 0 Å². The van der Waals surface area contributed by atoms with E-state index >= 15 is 0 Å². The first-order valence-corrected chi connectivity index (χ1v) is 8.10. The van der Waals surface area contributed by atoms with Gasteiger partial charge in [-0.15, -0.1) is 12.4 Å². The summed E-state index contributed by atoms with van der Waals surface area (Å²) >= 11 is 0. The molecule has 1 rings (SSSR count).